The zero-order chi connectivity index (χ0) is 23.1. The molecular formula is C23H37N3O4. The van der Waals surface area contributed by atoms with E-state index in [1.807, 2.05) is 38.1 Å². The molecule has 1 rings (SSSR count). The monoisotopic (exact) mass is 419 g/mol. The predicted octanol–water partition coefficient (Wildman–Crippen LogP) is 3.48. The number of hydrogen-bond donors (Lipinski definition) is 3. The van der Waals surface area contributed by atoms with E-state index >= 15 is 0 Å². The van der Waals surface area contributed by atoms with Gasteiger partial charge in [-0.25, -0.2) is 4.79 Å². The van der Waals surface area contributed by atoms with Gasteiger partial charge in [0.15, 0.2) is 0 Å². The van der Waals surface area contributed by atoms with Crippen LogP contribution in [0.1, 0.15) is 72.4 Å². The highest BCUT2D eigenvalue weighted by atomic mass is 16.6. The highest BCUT2D eigenvalue weighted by molar-refractivity contribution is 5.91. The summed E-state index contributed by atoms with van der Waals surface area (Å²) in [6.07, 6.45) is -0.668. The lowest BCUT2D eigenvalue weighted by Crippen LogP contribution is -2.55. The van der Waals surface area contributed by atoms with Gasteiger partial charge in [0.1, 0.15) is 17.7 Å². The van der Waals surface area contributed by atoms with Gasteiger partial charge in [-0.15, -0.1) is 0 Å². The van der Waals surface area contributed by atoms with Crippen molar-refractivity contribution in [3.8, 4) is 0 Å². The largest absolute Gasteiger partial charge is 0.444 e. The predicted molar refractivity (Wildman–Crippen MR) is 118 cm³/mol. The standard InChI is InChI=1S/C23H37N3O4/c1-14(2)18-11-9-17(10-12-18)13-24-20(27)16(5)25-21(28)19(15(3)4)26-22(29)30-23(6,7)8/h9-12,14-16,19H,13H2,1-8H3,(H,24,27)(H,25,28)(H,26,29)/t16-,19-/m0/s1. The Morgan fingerprint density at radius 1 is 0.900 bits per heavy atom. The summed E-state index contributed by atoms with van der Waals surface area (Å²) < 4.78 is 5.22. The summed E-state index contributed by atoms with van der Waals surface area (Å²) in [5.41, 5.74) is 1.56. The first-order valence-corrected chi connectivity index (χ1v) is 10.5. The number of carbonyl (C=O) groups excluding carboxylic acids is 3. The number of amides is 3. The number of hydrogen-bond acceptors (Lipinski definition) is 4. The Balaban J connectivity index is 2.60. The second kappa shape index (κ2) is 11.0. The molecule has 0 bridgehead atoms. The van der Waals surface area contributed by atoms with Crippen LogP contribution >= 0.6 is 0 Å². The smallest absolute Gasteiger partial charge is 0.408 e. The van der Waals surface area contributed by atoms with Crippen LogP contribution in [0.5, 0.6) is 0 Å². The van der Waals surface area contributed by atoms with Crippen LogP contribution in [-0.4, -0.2) is 35.6 Å². The van der Waals surface area contributed by atoms with Crippen LogP contribution < -0.4 is 16.0 Å². The second-order valence-electron chi connectivity index (χ2n) is 9.21. The molecule has 2 atom stereocenters. The van der Waals surface area contributed by atoms with Crippen LogP contribution in [0.4, 0.5) is 4.79 Å². The quantitative estimate of drug-likeness (QED) is 0.601. The van der Waals surface area contributed by atoms with Crippen LogP contribution in [-0.2, 0) is 20.9 Å². The molecule has 7 nitrogen and oxygen atoms in total. The lowest BCUT2D eigenvalue weighted by molar-refractivity contribution is -0.130. The zero-order valence-corrected chi connectivity index (χ0v) is 19.5. The van der Waals surface area contributed by atoms with Crippen molar-refractivity contribution in [3.63, 3.8) is 0 Å². The van der Waals surface area contributed by atoms with Crippen molar-refractivity contribution in [3.05, 3.63) is 35.4 Å². The van der Waals surface area contributed by atoms with E-state index in [1.54, 1.807) is 27.7 Å². The fourth-order valence-corrected chi connectivity index (χ4v) is 2.70. The summed E-state index contributed by atoms with van der Waals surface area (Å²) >= 11 is 0. The number of alkyl carbamates (subject to hydrolysis) is 1. The third-order valence-corrected chi connectivity index (χ3v) is 4.49. The van der Waals surface area contributed by atoms with Crippen LogP contribution in [0.2, 0.25) is 0 Å². The Morgan fingerprint density at radius 3 is 1.93 bits per heavy atom. The average Bonchev–Trinajstić information content (AvgIpc) is 2.62. The summed E-state index contributed by atoms with van der Waals surface area (Å²) in [7, 11) is 0. The van der Waals surface area contributed by atoms with E-state index in [4.69, 9.17) is 4.74 Å². The van der Waals surface area contributed by atoms with E-state index in [1.165, 1.54) is 5.56 Å². The third-order valence-electron chi connectivity index (χ3n) is 4.49. The minimum atomic E-state index is -0.807. The van der Waals surface area contributed by atoms with Gasteiger partial charge in [0.2, 0.25) is 11.8 Å². The Labute approximate surface area is 180 Å². The molecule has 3 amide bonds. The van der Waals surface area contributed by atoms with Gasteiger partial charge in [-0.1, -0.05) is 52.0 Å². The highest BCUT2D eigenvalue weighted by Crippen LogP contribution is 2.14. The first-order valence-electron chi connectivity index (χ1n) is 10.5. The van der Waals surface area contributed by atoms with Crippen LogP contribution in [0, 0.1) is 5.92 Å². The van der Waals surface area contributed by atoms with Crippen LogP contribution in [0.15, 0.2) is 24.3 Å². The number of rotatable bonds is 8. The summed E-state index contributed by atoms with van der Waals surface area (Å²) in [6.45, 7) is 15.1. The Hall–Kier alpha value is -2.57. The fourth-order valence-electron chi connectivity index (χ4n) is 2.70. The van der Waals surface area contributed by atoms with Gasteiger partial charge in [-0.3, -0.25) is 9.59 Å². The van der Waals surface area contributed by atoms with Gasteiger partial charge in [-0.2, -0.15) is 0 Å². The molecule has 0 unspecified atom stereocenters. The normalized spacial score (nSPS) is 13.5. The molecule has 30 heavy (non-hydrogen) atoms. The molecule has 1 aromatic carbocycles. The summed E-state index contributed by atoms with van der Waals surface area (Å²) in [5.74, 6) is -0.449. The number of ether oxygens (including phenoxy) is 1. The summed E-state index contributed by atoms with van der Waals surface area (Å²) in [6, 6.07) is 6.52. The first kappa shape index (κ1) is 25.5. The lowest BCUT2D eigenvalue weighted by Gasteiger charge is -2.26. The van der Waals surface area contributed by atoms with Crippen molar-refractivity contribution < 1.29 is 19.1 Å². The topological polar surface area (TPSA) is 96.5 Å². The highest BCUT2D eigenvalue weighted by Gasteiger charge is 2.28. The molecule has 168 valence electrons. The molecule has 1 aromatic rings. The Kier molecular flexibility index (Phi) is 9.33. The van der Waals surface area contributed by atoms with Crippen LogP contribution in [0.25, 0.3) is 0 Å². The summed E-state index contributed by atoms with van der Waals surface area (Å²) in [4.78, 5) is 37.0. The minimum absolute atomic E-state index is 0.174. The second-order valence-corrected chi connectivity index (χ2v) is 9.21. The molecule has 0 aliphatic heterocycles. The molecule has 7 heteroatoms. The Bertz CT molecular complexity index is 721. The van der Waals surface area contributed by atoms with Crippen LogP contribution in [0.3, 0.4) is 0 Å². The maximum atomic E-state index is 12.6. The molecule has 0 fully saturated rings. The maximum Gasteiger partial charge on any atom is 0.408 e. The number of carbonyl (C=O) groups is 3. The van der Waals surface area contributed by atoms with E-state index in [0.29, 0.717) is 12.5 Å². The minimum Gasteiger partial charge on any atom is -0.444 e. The van der Waals surface area contributed by atoms with Gasteiger partial charge in [-0.05, 0) is 50.7 Å². The molecule has 0 radical (unpaired) electrons. The van der Waals surface area contributed by atoms with Crippen molar-refractivity contribution in [1.82, 2.24) is 16.0 Å². The van der Waals surface area contributed by atoms with Crippen molar-refractivity contribution in [2.45, 2.75) is 85.5 Å². The number of nitrogens with one attached hydrogen (secondary N) is 3. The zero-order valence-electron chi connectivity index (χ0n) is 19.5. The maximum absolute atomic E-state index is 12.6. The SMILES string of the molecule is CC(C)c1ccc(CNC(=O)[C@H](C)NC(=O)[C@@H](NC(=O)OC(C)(C)C)C(C)C)cc1. The van der Waals surface area contributed by atoms with E-state index in [0.717, 1.165) is 5.56 Å². The summed E-state index contributed by atoms with van der Waals surface area (Å²) in [5, 5.41) is 8.08. The van der Waals surface area contributed by atoms with Gasteiger partial charge in [0, 0.05) is 6.54 Å². The first-order chi connectivity index (χ1) is 13.8. The number of benzene rings is 1. The molecule has 3 N–H and O–H groups in total. The van der Waals surface area contributed by atoms with Crippen molar-refractivity contribution >= 4 is 17.9 Å². The van der Waals surface area contributed by atoms with E-state index in [9.17, 15) is 14.4 Å². The van der Waals surface area contributed by atoms with Crippen molar-refractivity contribution in [2.24, 2.45) is 5.92 Å². The lowest BCUT2D eigenvalue weighted by atomic mass is 10.0. The van der Waals surface area contributed by atoms with Crippen molar-refractivity contribution in [1.29, 1.82) is 0 Å². The fraction of sp³-hybridized carbons (Fsp3) is 0.609. The third kappa shape index (κ3) is 8.84. The molecule has 0 heterocycles. The molecular weight excluding hydrogens is 382 g/mol. The molecule has 0 aliphatic rings. The molecule has 0 saturated carbocycles. The van der Waals surface area contributed by atoms with Crippen molar-refractivity contribution in [2.75, 3.05) is 0 Å². The van der Waals surface area contributed by atoms with Gasteiger partial charge >= 0.3 is 6.09 Å². The van der Waals surface area contributed by atoms with E-state index in [2.05, 4.69) is 29.8 Å². The average molecular weight is 420 g/mol. The van der Waals surface area contributed by atoms with Gasteiger partial charge < -0.3 is 20.7 Å². The molecule has 0 spiro atoms. The molecule has 0 aliphatic carbocycles. The van der Waals surface area contributed by atoms with E-state index in [-0.39, 0.29) is 11.8 Å². The molecule has 0 aromatic heterocycles. The Morgan fingerprint density at radius 2 is 1.47 bits per heavy atom. The van der Waals surface area contributed by atoms with Gasteiger partial charge in [0.25, 0.3) is 0 Å². The van der Waals surface area contributed by atoms with Gasteiger partial charge in [0.05, 0.1) is 0 Å². The van der Waals surface area contributed by atoms with E-state index < -0.39 is 29.7 Å². The molecule has 0 saturated heterocycles.